The Hall–Kier alpha value is -3.33. The molecule has 0 aliphatic carbocycles. The van der Waals surface area contributed by atoms with Crippen molar-refractivity contribution in [2.45, 2.75) is 52.9 Å². The minimum atomic E-state index is -0.508. The number of likely N-dealkylation sites (tertiary alicyclic amines) is 1. The van der Waals surface area contributed by atoms with Crippen molar-refractivity contribution in [2.24, 2.45) is 5.92 Å². The maximum atomic E-state index is 12.2. The van der Waals surface area contributed by atoms with Gasteiger partial charge in [-0.1, -0.05) is 12.1 Å². The van der Waals surface area contributed by atoms with Gasteiger partial charge in [-0.05, 0) is 63.9 Å². The molecule has 1 amide bonds. The lowest BCUT2D eigenvalue weighted by atomic mass is 10.1. The Morgan fingerprint density at radius 1 is 1.09 bits per heavy atom. The van der Waals surface area contributed by atoms with Gasteiger partial charge in [-0.25, -0.2) is 4.79 Å². The summed E-state index contributed by atoms with van der Waals surface area (Å²) in [6.07, 6.45) is 0.574. The number of rotatable bonds is 10. The summed E-state index contributed by atoms with van der Waals surface area (Å²) in [6, 6.07) is 12.1. The average Bonchev–Trinajstić information content (AvgIpc) is 3.29. The van der Waals surface area contributed by atoms with Gasteiger partial charge in [0.25, 0.3) is 5.69 Å². The van der Waals surface area contributed by atoms with Gasteiger partial charge in [0.1, 0.15) is 23.7 Å². The number of nitrogens with zero attached hydrogens (tertiary/aromatic N) is 2. The Morgan fingerprint density at radius 3 is 2.40 bits per heavy atom. The number of hydrogen-bond acceptors (Lipinski definition) is 7. The fourth-order valence-corrected chi connectivity index (χ4v) is 3.77. The summed E-state index contributed by atoms with van der Waals surface area (Å²) in [5.74, 6) is 1.51. The van der Waals surface area contributed by atoms with Crippen molar-refractivity contribution >= 4 is 11.8 Å². The standard InChI is InChI=1S/C26H34N2O7/c1-5-32-17-20-7-6-8-24(28(30)31)23(20)18-34-22-11-9-21(10-12-22)33-16-19-13-14-27(15-19)25(29)35-26(2,3)4/h6-12,19H,5,13-18H2,1-4H3/t19-/m1/s1. The molecule has 2 aromatic carbocycles. The molecule has 3 rings (SSSR count). The van der Waals surface area contributed by atoms with Crippen LogP contribution in [0.1, 0.15) is 45.2 Å². The summed E-state index contributed by atoms with van der Waals surface area (Å²) in [5, 5.41) is 11.5. The SMILES string of the molecule is CCOCc1cccc([N+](=O)[O-])c1COc1ccc(OC[C@@H]2CCN(C(=O)OC(C)(C)C)C2)cc1. The topological polar surface area (TPSA) is 100 Å². The van der Waals surface area contributed by atoms with Crippen molar-refractivity contribution in [1.29, 1.82) is 0 Å². The number of ether oxygens (including phenoxy) is 4. The summed E-state index contributed by atoms with van der Waals surface area (Å²) in [4.78, 5) is 25.0. The van der Waals surface area contributed by atoms with Crippen LogP contribution < -0.4 is 9.47 Å². The first-order valence-electron chi connectivity index (χ1n) is 11.8. The maximum Gasteiger partial charge on any atom is 0.410 e. The molecule has 0 saturated carbocycles. The Bertz CT molecular complexity index is 1000. The first-order valence-corrected chi connectivity index (χ1v) is 11.8. The molecule has 9 nitrogen and oxygen atoms in total. The molecule has 1 atom stereocenters. The molecule has 0 aromatic heterocycles. The number of carbonyl (C=O) groups excluding carboxylic acids is 1. The van der Waals surface area contributed by atoms with Crippen LogP contribution in [0.2, 0.25) is 0 Å². The molecule has 1 fully saturated rings. The predicted octanol–water partition coefficient (Wildman–Crippen LogP) is 5.35. The van der Waals surface area contributed by atoms with E-state index < -0.39 is 10.5 Å². The summed E-state index contributed by atoms with van der Waals surface area (Å²) in [6.45, 7) is 10.1. The van der Waals surface area contributed by atoms with E-state index in [1.807, 2.05) is 33.8 Å². The van der Waals surface area contributed by atoms with Crippen LogP contribution in [-0.2, 0) is 22.7 Å². The van der Waals surface area contributed by atoms with Crippen LogP contribution in [-0.4, -0.2) is 47.8 Å². The van der Waals surface area contributed by atoms with Crippen molar-refractivity contribution in [3.8, 4) is 11.5 Å². The molecular weight excluding hydrogens is 452 g/mol. The van der Waals surface area contributed by atoms with E-state index in [1.165, 1.54) is 6.07 Å². The van der Waals surface area contributed by atoms with Gasteiger partial charge >= 0.3 is 6.09 Å². The average molecular weight is 487 g/mol. The molecule has 35 heavy (non-hydrogen) atoms. The van der Waals surface area contributed by atoms with Crippen molar-refractivity contribution in [3.63, 3.8) is 0 Å². The third-order valence-corrected chi connectivity index (χ3v) is 5.54. The summed E-state index contributed by atoms with van der Waals surface area (Å²) in [7, 11) is 0. The van der Waals surface area contributed by atoms with Crippen LogP contribution in [0, 0.1) is 16.0 Å². The molecule has 0 radical (unpaired) electrons. The maximum absolute atomic E-state index is 12.2. The first-order chi connectivity index (χ1) is 16.7. The lowest BCUT2D eigenvalue weighted by Crippen LogP contribution is -2.35. The summed E-state index contributed by atoms with van der Waals surface area (Å²) >= 11 is 0. The zero-order chi connectivity index (χ0) is 25.4. The molecule has 0 spiro atoms. The molecule has 1 heterocycles. The zero-order valence-corrected chi connectivity index (χ0v) is 20.8. The normalized spacial score (nSPS) is 15.7. The van der Waals surface area contributed by atoms with Crippen LogP contribution in [0.5, 0.6) is 11.5 Å². The second kappa shape index (κ2) is 11.9. The minimum Gasteiger partial charge on any atom is -0.493 e. The fraction of sp³-hybridized carbons (Fsp3) is 0.500. The number of nitro benzene ring substituents is 1. The third kappa shape index (κ3) is 7.85. The van der Waals surface area contributed by atoms with E-state index in [1.54, 1.807) is 35.2 Å². The number of hydrogen-bond donors (Lipinski definition) is 0. The number of amides is 1. The van der Waals surface area contributed by atoms with Gasteiger partial charge < -0.3 is 23.8 Å². The fourth-order valence-electron chi connectivity index (χ4n) is 3.77. The van der Waals surface area contributed by atoms with Gasteiger partial charge in [-0.15, -0.1) is 0 Å². The van der Waals surface area contributed by atoms with Crippen molar-refractivity contribution in [3.05, 3.63) is 63.7 Å². The number of benzene rings is 2. The molecule has 0 bridgehead atoms. The van der Waals surface area contributed by atoms with E-state index in [0.717, 1.165) is 12.0 Å². The Morgan fingerprint density at radius 2 is 1.77 bits per heavy atom. The van der Waals surface area contributed by atoms with E-state index in [-0.39, 0.29) is 30.9 Å². The van der Waals surface area contributed by atoms with Crippen LogP contribution in [0.4, 0.5) is 10.5 Å². The molecule has 1 aliphatic heterocycles. The van der Waals surface area contributed by atoms with E-state index in [9.17, 15) is 14.9 Å². The Kier molecular flexibility index (Phi) is 8.92. The molecule has 1 aliphatic rings. The second-order valence-corrected chi connectivity index (χ2v) is 9.46. The van der Waals surface area contributed by atoms with Crippen LogP contribution in [0.3, 0.4) is 0 Å². The van der Waals surface area contributed by atoms with E-state index in [2.05, 4.69) is 0 Å². The largest absolute Gasteiger partial charge is 0.493 e. The molecule has 1 saturated heterocycles. The van der Waals surface area contributed by atoms with Gasteiger partial charge in [0.05, 0.1) is 23.7 Å². The van der Waals surface area contributed by atoms with Gasteiger partial charge in [0.2, 0.25) is 0 Å². The predicted molar refractivity (Wildman–Crippen MR) is 131 cm³/mol. The first kappa shape index (κ1) is 26.3. The smallest absolute Gasteiger partial charge is 0.410 e. The summed E-state index contributed by atoms with van der Waals surface area (Å²) in [5.41, 5.74) is 0.741. The minimum absolute atomic E-state index is 0.0131. The molecular formula is C26H34N2O7. The van der Waals surface area contributed by atoms with E-state index in [4.69, 9.17) is 18.9 Å². The highest BCUT2D eigenvalue weighted by atomic mass is 16.6. The summed E-state index contributed by atoms with van der Waals surface area (Å²) < 4.78 is 22.6. The monoisotopic (exact) mass is 486 g/mol. The molecule has 190 valence electrons. The van der Waals surface area contributed by atoms with Crippen molar-refractivity contribution in [2.75, 3.05) is 26.3 Å². The van der Waals surface area contributed by atoms with Crippen LogP contribution in [0.15, 0.2) is 42.5 Å². The van der Waals surface area contributed by atoms with Gasteiger partial charge in [0, 0.05) is 31.7 Å². The third-order valence-electron chi connectivity index (χ3n) is 5.54. The molecule has 0 N–H and O–H groups in total. The second-order valence-electron chi connectivity index (χ2n) is 9.46. The van der Waals surface area contributed by atoms with E-state index in [0.29, 0.717) is 43.4 Å². The number of carbonyl (C=O) groups is 1. The number of nitro groups is 1. The quantitative estimate of drug-likeness (QED) is 0.330. The molecule has 9 heteroatoms. The highest BCUT2D eigenvalue weighted by Crippen LogP contribution is 2.27. The lowest BCUT2D eigenvalue weighted by Gasteiger charge is -2.24. The van der Waals surface area contributed by atoms with Gasteiger partial charge in [0.15, 0.2) is 0 Å². The highest BCUT2D eigenvalue weighted by Gasteiger charge is 2.30. The van der Waals surface area contributed by atoms with E-state index >= 15 is 0 Å². The van der Waals surface area contributed by atoms with Gasteiger partial charge in [-0.3, -0.25) is 10.1 Å². The van der Waals surface area contributed by atoms with Crippen molar-refractivity contribution < 1.29 is 28.7 Å². The van der Waals surface area contributed by atoms with Crippen LogP contribution in [0.25, 0.3) is 0 Å². The molecule has 2 aromatic rings. The zero-order valence-electron chi connectivity index (χ0n) is 20.8. The highest BCUT2D eigenvalue weighted by molar-refractivity contribution is 5.68. The van der Waals surface area contributed by atoms with Crippen LogP contribution >= 0.6 is 0 Å². The van der Waals surface area contributed by atoms with Gasteiger partial charge in [-0.2, -0.15) is 0 Å². The Labute approximate surface area is 206 Å². The Balaban J connectivity index is 1.52. The van der Waals surface area contributed by atoms with Crippen molar-refractivity contribution in [1.82, 2.24) is 4.90 Å². The lowest BCUT2D eigenvalue weighted by molar-refractivity contribution is -0.385. The molecule has 0 unspecified atom stereocenters.